The van der Waals surface area contributed by atoms with Gasteiger partial charge in [0.15, 0.2) is 0 Å². The Labute approximate surface area is 126 Å². The molecule has 5 heteroatoms. The SMILES string of the molecule is CC1C(=O)NC2(CCCC2)C(=O)N1C1CCN2CCCC12. The summed E-state index contributed by atoms with van der Waals surface area (Å²) in [6.07, 6.45) is 7.18. The van der Waals surface area contributed by atoms with E-state index in [1.165, 1.54) is 12.8 Å². The summed E-state index contributed by atoms with van der Waals surface area (Å²) in [6.45, 7) is 4.14. The third-order valence-corrected chi connectivity index (χ3v) is 6.19. The molecule has 0 aromatic rings. The number of nitrogens with one attached hydrogen (secondary N) is 1. The minimum atomic E-state index is -0.574. The van der Waals surface area contributed by atoms with Crippen molar-refractivity contribution in [3.05, 3.63) is 0 Å². The number of carbonyl (C=O) groups is 2. The second-order valence-electron chi connectivity index (χ2n) is 7.27. The van der Waals surface area contributed by atoms with Crippen molar-refractivity contribution in [3.8, 4) is 0 Å². The molecule has 0 radical (unpaired) electrons. The van der Waals surface area contributed by atoms with Gasteiger partial charge in [0, 0.05) is 18.6 Å². The Balaban J connectivity index is 1.65. The molecule has 3 atom stereocenters. The van der Waals surface area contributed by atoms with Crippen molar-refractivity contribution in [1.29, 1.82) is 0 Å². The summed E-state index contributed by atoms with van der Waals surface area (Å²) in [4.78, 5) is 30.1. The number of nitrogens with zero attached hydrogens (tertiary/aromatic N) is 2. The van der Waals surface area contributed by atoms with E-state index in [0.29, 0.717) is 6.04 Å². The zero-order valence-electron chi connectivity index (χ0n) is 12.8. The molecule has 1 spiro atoms. The summed E-state index contributed by atoms with van der Waals surface area (Å²) in [5.74, 6) is 0.249. The van der Waals surface area contributed by atoms with E-state index in [1.807, 2.05) is 11.8 Å². The smallest absolute Gasteiger partial charge is 0.249 e. The van der Waals surface area contributed by atoms with E-state index in [9.17, 15) is 9.59 Å². The van der Waals surface area contributed by atoms with Gasteiger partial charge in [-0.25, -0.2) is 0 Å². The van der Waals surface area contributed by atoms with Crippen LogP contribution in [0.2, 0.25) is 0 Å². The van der Waals surface area contributed by atoms with Crippen LogP contribution in [0.5, 0.6) is 0 Å². The van der Waals surface area contributed by atoms with Gasteiger partial charge < -0.3 is 10.2 Å². The monoisotopic (exact) mass is 291 g/mol. The molecule has 1 saturated carbocycles. The van der Waals surface area contributed by atoms with Crippen molar-refractivity contribution in [1.82, 2.24) is 15.1 Å². The lowest BCUT2D eigenvalue weighted by Gasteiger charge is -2.47. The van der Waals surface area contributed by atoms with Crippen LogP contribution in [0.1, 0.15) is 51.9 Å². The largest absolute Gasteiger partial charge is 0.340 e. The van der Waals surface area contributed by atoms with Crippen LogP contribution in [0.15, 0.2) is 0 Å². The fourth-order valence-electron chi connectivity index (χ4n) is 5.08. The number of fused-ring (bicyclic) bond motifs is 1. The first-order chi connectivity index (χ1) is 10.1. The van der Waals surface area contributed by atoms with Gasteiger partial charge in [0.1, 0.15) is 11.6 Å². The van der Waals surface area contributed by atoms with Crippen molar-refractivity contribution in [2.24, 2.45) is 0 Å². The van der Waals surface area contributed by atoms with Gasteiger partial charge in [0.05, 0.1) is 0 Å². The standard InChI is InChI=1S/C16H25N3O2/c1-11-14(20)17-16(7-2-3-8-16)15(21)19(11)13-6-10-18-9-4-5-12(13)18/h11-13H,2-10H2,1H3,(H,17,20). The molecule has 4 fully saturated rings. The lowest BCUT2D eigenvalue weighted by atomic mass is 9.88. The summed E-state index contributed by atoms with van der Waals surface area (Å²) in [6, 6.07) is 0.425. The van der Waals surface area contributed by atoms with Crippen LogP contribution in [-0.2, 0) is 9.59 Å². The Morgan fingerprint density at radius 2 is 1.81 bits per heavy atom. The first kappa shape index (κ1) is 13.6. The first-order valence-electron chi connectivity index (χ1n) is 8.51. The predicted molar refractivity (Wildman–Crippen MR) is 78.6 cm³/mol. The van der Waals surface area contributed by atoms with E-state index in [4.69, 9.17) is 0 Å². The van der Waals surface area contributed by atoms with E-state index in [-0.39, 0.29) is 23.9 Å². The molecule has 0 aromatic carbocycles. The number of rotatable bonds is 1. The van der Waals surface area contributed by atoms with Gasteiger partial charge in [0.25, 0.3) is 0 Å². The van der Waals surface area contributed by atoms with Crippen LogP contribution in [0.3, 0.4) is 0 Å². The third kappa shape index (κ3) is 1.86. The van der Waals surface area contributed by atoms with Gasteiger partial charge in [-0.15, -0.1) is 0 Å². The van der Waals surface area contributed by atoms with Crippen LogP contribution in [0, 0.1) is 0 Å². The van der Waals surface area contributed by atoms with Crippen LogP contribution in [0.25, 0.3) is 0 Å². The van der Waals surface area contributed by atoms with Crippen LogP contribution < -0.4 is 5.32 Å². The molecule has 21 heavy (non-hydrogen) atoms. The minimum absolute atomic E-state index is 0.0490. The van der Waals surface area contributed by atoms with Crippen LogP contribution >= 0.6 is 0 Å². The molecular weight excluding hydrogens is 266 g/mol. The van der Waals surface area contributed by atoms with E-state index < -0.39 is 5.54 Å². The van der Waals surface area contributed by atoms with Crippen molar-refractivity contribution in [3.63, 3.8) is 0 Å². The van der Waals surface area contributed by atoms with E-state index in [2.05, 4.69) is 10.2 Å². The van der Waals surface area contributed by atoms with Gasteiger partial charge in [0.2, 0.25) is 11.8 Å². The van der Waals surface area contributed by atoms with Crippen molar-refractivity contribution < 1.29 is 9.59 Å². The quantitative estimate of drug-likeness (QED) is 0.780. The Bertz CT molecular complexity index is 472. The molecule has 116 valence electrons. The molecule has 3 aliphatic heterocycles. The van der Waals surface area contributed by atoms with Gasteiger partial charge in [-0.3, -0.25) is 14.5 Å². The molecule has 5 nitrogen and oxygen atoms in total. The number of piperazine rings is 1. The Kier molecular flexibility index (Phi) is 3.03. The predicted octanol–water partition coefficient (Wildman–Crippen LogP) is 0.883. The second kappa shape index (κ2) is 4.70. The molecule has 4 rings (SSSR count). The van der Waals surface area contributed by atoms with E-state index >= 15 is 0 Å². The molecule has 3 saturated heterocycles. The molecule has 0 aromatic heterocycles. The summed E-state index contributed by atoms with van der Waals surface area (Å²) in [7, 11) is 0. The number of carbonyl (C=O) groups excluding carboxylic acids is 2. The highest BCUT2D eigenvalue weighted by molar-refractivity contribution is 6.00. The summed E-state index contributed by atoms with van der Waals surface area (Å²) in [5.41, 5.74) is -0.574. The van der Waals surface area contributed by atoms with E-state index in [0.717, 1.165) is 45.2 Å². The molecule has 3 heterocycles. The zero-order chi connectivity index (χ0) is 14.6. The highest BCUT2D eigenvalue weighted by atomic mass is 16.2. The third-order valence-electron chi connectivity index (χ3n) is 6.19. The van der Waals surface area contributed by atoms with Gasteiger partial charge in [-0.05, 0) is 45.6 Å². The van der Waals surface area contributed by atoms with Gasteiger partial charge >= 0.3 is 0 Å². The Hall–Kier alpha value is -1.10. The first-order valence-corrected chi connectivity index (χ1v) is 8.51. The van der Waals surface area contributed by atoms with Gasteiger partial charge in [-0.1, -0.05) is 12.8 Å². The highest BCUT2D eigenvalue weighted by Gasteiger charge is 2.55. The lowest BCUT2D eigenvalue weighted by molar-refractivity contribution is -0.157. The summed E-state index contributed by atoms with van der Waals surface area (Å²) >= 11 is 0. The topological polar surface area (TPSA) is 52.7 Å². The van der Waals surface area contributed by atoms with Gasteiger partial charge in [-0.2, -0.15) is 0 Å². The summed E-state index contributed by atoms with van der Waals surface area (Å²) in [5, 5.41) is 3.06. The van der Waals surface area contributed by atoms with Crippen molar-refractivity contribution in [2.75, 3.05) is 13.1 Å². The second-order valence-corrected chi connectivity index (χ2v) is 7.27. The summed E-state index contributed by atoms with van der Waals surface area (Å²) < 4.78 is 0. The molecule has 2 amide bonds. The normalized spacial score (nSPS) is 39.1. The molecule has 1 aliphatic carbocycles. The number of hydrogen-bond donors (Lipinski definition) is 1. The van der Waals surface area contributed by atoms with Crippen LogP contribution in [-0.4, -0.2) is 58.4 Å². The lowest BCUT2D eigenvalue weighted by Crippen LogP contribution is -2.71. The molecular formula is C16H25N3O2. The minimum Gasteiger partial charge on any atom is -0.340 e. The average Bonchev–Trinajstić information content (AvgIpc) is 3.15. The average molecular weight is 291 g/mol. The fraction of sp³-hybridized carbons (Fsp3) is 0.875. The maximum Gasteiger partial charge on any atom is 0.249 e. The fourth-order valence-corrected chi connectivity index (χ4v) is 5.08. The highest BCUT2D eigenvalue weighted by Crippen LogP contribution is 2.39. The maximum atomic E-state index is 13.2. The Morgan fingerprint density at radius 1 is 1.05 bits per heavy atom. The van der Waals surface area contributed by atoms with Crippen LogP contribution in [0.4, 0.5) is 0 Å². The molecule has 0 bridgehead atoms. The van der Waals surface area contributed by atoms with E-state index in [1.54, 1.807) is 0 Å². The molecule has 3 unspecified atom stereocenters. The zero-order valence-corrected chi connectivity index (χ0v) is 12.8. The number of hydrogen-bond acceptors (Lipinski definition) is 3. The molecule has 1 N–H and O–H groups in total. The maximum absolute atomic E-state index is 13.2. The van der Waals surface area contributed by atoms with Crippen molar-refractivity contribution in [2.45, 2.75) is 75.5 Å². The van der Waals surface area contributed by atoms with Crippen molar-refractivity contribution >= 4 is 11.8 Å². The molecule has 4 aliphatic rings. The number of amides is 2. The Morgan fingerprint density at radius 3 is 2.57 bits per heavy atom.